The van der Waals surface area contributed by atoms with Gasteiger partial charge in [-0.25, -0.2) is 13.7 Å². The van der Waals surface area contributed by atoms with Gasteiger partial charge in [-0.2, -0.15) is 0 Å². The van der Waals surface area contributed by atoms with Crippen LogP contribution in [0.15, 0.2) is 64.9 Å². The summed E-state index contributed by atoms with van der Waals surface area (Å²) in [6.45, 7) is 0. The van der Waals surface area contributed by atoms with E-state index < -0.39 is 34.4 Å². The van der Waals surface area contributed by atoms with Crippen molar-refractivity contribution in [2.45, 2.75) is 22.1 Å². The summed E-state index contributed by atoms with van der Waals surface area (Å²) in [5.74, 6) is -2.86. The van der Waals surface area contributed by atoms with Crippen molar-refractivity contribution in [3.05, 3.63) is 76.8 Å². The number of carbonyl (C=O) groups is 2. The summed E-state index contributed by atoms with van der Waals surface area (Å²) >= 11 is 7.20. The molecule has 0 amide bonds. The zero-order valence-corrected chi connectivity index (χ0v) is 17.8. The Bertz CT molecular complexity index is 1160. The number of rotatable bonds is 7. The lowest BCUT2D eigenvalue weighted by Gasteiger charge is -2.14. The lowest BCUT2D eigenvalue weighted by atomic mass is 10.0. The Labute approximate surface area is 183 Å². The first-order valence-electron chi connectivity index (χ1n) is 8.93. The molecule has 0 spiro atoms. The number of carboxylic acids is 2. The number of hydrogen-bond donors (Lipinski definition) is 3. The Morgan fingerprint density at radius 3 is 2.43 bits per heavy atom. The average Bonchev–Trinajstić information content (AvgIpc) is 3.24. The van der Waals surface area contributed by atoms with E-state index in [4.69, 9.17) is 11.6 Å². The molecule has 0 radical (unpaired) electrons. The lowest BCUT2D eigenvalue weighted by Crippen LogP contribution is -2.41. The van der Waals surface area contributed by atoms with Crippen molar-refractivity contribution in [3.8, 4) is 10.4 Å². The van der Waals surface area contributed by atoms with E-state index in [1.165, 1.54) is 17.4 Å². The second-order valence-electron chi connectivity index (χ2n) is 6.92. The predicted octanol–water partition coefficient (Wildman–Crippen LogP) is 4.39. The van der Waals surface area contributed by atoms with Gasteiger partial charge in [0.15, 0.2) is 0 Å². The summed E-state index contributed by atoms with van der Waals surface area (Å²) < 4.78 is 16.1. The second-order valence-corrected chi connectivity index (χ2v) is 9.88. The largest absolute Gasteiger partial charge is 0.480 e. The molecule has 154 valence electrons. The molecule has 30 heavy (non-hydrogen) atoms. The molecule has 0 aliphatic heterocycles. The number of nitrogens with one attached hydrogen (secondary N) is 1. The van der Waals surface area contributed by atoms with Gasteiger partial charge in [-0.15, -0.1) is 11.3 Å². The minimum Gasteiger partial charge on any atom is -0.480 e. The maximum atomic E-state index is 12.9. The number of carboxylic acid groups (broad SMARTS) is 2. The van der Waals surface area contributed by atoms with Crippen molar-refractivity contribution in [2.75, 3.05) is 0 Å². The normalized spacial score (nSPS) is 21.2. The third-order valence-electron chi connectivity index (χ3n) is 5.08. The van der Waals surface area contributed by atoms with Gasteiger partial charge in [-0.3, -0.25) is 4.79 Å². The number of hydrogen-bond acceptors (Lipinski definition) is 4. The van der Waals surface area contributed by atoms with Crippen LogP contribution in [-0.4, -0.2) is 31.9 Å². The molecule has 3 atom stereocenters. The van der Waals surface area contributed by atoms with Gasteiger partial charge in [0.05, 0.1) is 5.56 Å². The summed E-state index contributed by atoms with van der Waals surface area (Å²) in [6.07, 6.45) is 0.160. The molecule has 3 unspecified atom stereocenters. The molecule has 6 nitrogen and oxygen atoms in total. The van der Waals surface area contributed by atoms with Gasteiger partial charge in [-0.1, -0.05) is 41.9 Å². The van der Waals surface area contributed by atoms with Crippen LogP contribution in [0.25, 0.3) is 10.4 Å². The fraction of sp³-hybridized carbons (Fsp3) is 0.143. The highest BCUT2D eigenvalue weighted by molar-refractivity contribution is 7.85. The zero-order chi connectivity index (χ0) is 21.5. The summed E-state index contributed by atoms with van der Waals surface area (Å²) in [4.78, 5) is 24.4. The second kappa shape index (κ2) is 7.96. The van der Waals surface area contributed by atoms with Gasteiger partial charge in [0, 0.05) is 15.8 Å². The minimum atomic E-state index is -1.77. The highest BCUT2D eigenvalue weighted by Gasteiger charge is 2.63. The average molecular weight is 462 g/mol. The molecule has 1 aromatic heterocycles. The Hall–Kier alpha value is -2.52. The van der Waals surface area contributed by atoms with Crippen LogP contribution in [0.3, 0.4) is 0 Å². The molecule has 0 bridgehead atoms. The zero-order valence-electron chi connectivity index (χ0n) is 15.4. The summed E-state index contributed by atoms with van der Waals surface area (Å²) in [5.41, 5.74) is -0.0783. The third kappa shape index (κ3) is 3.79. The van der Waals surface area contributed by atoms with E-state index in [0.29, 0.717) is 14.8 Å². The van der Waals surface area contributed by atoms with Gasteiger partial charge in [0.2, 0.25) is 0 Å². The first-order valence-corrected chi connectivity index (χ1v) is 11.3. The topological polar surface area (TPSA) is 104 Å². The van der Waals surface area contributed by atoms with Crippen molar-refractivity contribution in [2.24, 2.45) is 0 Å². The maximum Gasteiger partial charge on any atom is 0.335 e. The number of aliphatic carboxylic acids is 1. The van der Waals surface area contributed by atoms with E-state index in [9.17, 15) is 24.0 Å². The number of benzene rings is 2. The summed E-state index contributed by atoms with van der Waals surface area (Å²) in [6, 6.07) is 17.0. The van der Waals surface area contributed by atoms with E-state index in [-0.39, 0.29) is 12.0 Å². The molecule has 1 aliphatic rings. The van der Waals surface area contributed by atoms with Crippen molar-refractivity contribution in [1.82, 2.24) is 4.72 Å². The van der Waals surface area contributed by atoms with E-state index in [2.05, 4.69) is 4.72 Å². The molecule has 3 N–H and O–H groups in total. The molecule has 9 heteroatoms. The first-order chi connectivity index (χ1) is 14.3. The number of aromatic carboxylic acids is 1. The van der Waals surface area contributed by atoms with Gasteiger partial charge >= 0.3 is 11.9 Å². The van der Waals surface area contributed by atoms with Crippen molar-refractivity contribution in [3.63, 3.8) is 0 Å². The highest BCUT2D eigenvalue weighted by Crippen LogP contribution is 2.53. The molecular weight excluding hydrogens is 446 g/mol. The molecule has 4 rings (SSSR count). The van der Waals surface area contributed by atoms with Crippen LogP contribution in [-0.2, 0) is 15.8 Å². The predicted molar refractivity (Wildman–Crippen MR) is 115 cm³/mol. The van der Waals surface area contributed by atoms with Crippen LogP contribution in [0.5, 0.6) is 0 Å². The fourth-order valence-corrected chi connectivity index (χ4v) is 5.93. The van der Waals surface area contributed by atoms with E-state index in [0.717, 1.165) is 10.4 Å². The summed E-state index contributed by atoms with van der Waals surface area (Å²) in [7, 11) is -1.77. The first kappa shape index (κ1) is 20.7. The Morgan fingerprint density at radius 1 is 1.07 bits per heavy atom. The van der Waals surface area contributed by atoms with E-state index in [1.54, 1.807) is 36.4 Å². The van der Waals surface area contributed by atoms with Gasteiger partial charge < -0.3 is 10.2 Å². The maximum absolute atomic E-state index is 12.9. The molecule has 1 saturated carbocycles. The monoisotopic (exact) mass is 461 g/mol. The summed E-state index contributed by atoms with van der Waals surface area (Å²) in [5, 5.41) is 19.8. The van der Waals surface area contributed by atoms with Crippen molar-refractivity contribution >= 4 is 45.9 Å². The fourth-order valence-electron chi connectivity index (χ4n) is 3.43. The van der Waals surface area contributed by atoms with Gasteiger partial charge in [0.1, 0.15) is 20.7 Å². The van der Waals surface area contributed by atoms with Crippen LogP contribution in [0, 0.1) is 0 Å². The minimum absolute atomic E-state index is 0.0550. The van der Waals surface area contributed by atoms with Crippen LogP contribution < -0.4 is 4.72 Å². The van der Waals surface area contributed by atoms with Gasteiger partial charge in [0.25, 0.3) is 0 Å². The quantitative estimate of drug-likeness (QED) is 0.484. The smallest absolute Gasteiger partial charge is 0.335 e. The SMILES string of the molecule is O=C(O)c1ccccc1C1CC1(NS(=O)c1ccc(-c2ccc(Cl)cc2)s1)C(=O)O. The van der Waals surface area contributed by atoms with Crippen LogP contribution >= 0.6 is 22.9 Å². The molecule has 1 fully saturated rings. The van der Waals surface area contributed by atoms with Crippen molar-refractivity contribution in [1.29, 1.82) is 0 Å². The highest BCUT2D eigenvalue weighted by atomic mass is 35.5. The molecule has 2 aromatic carbocycles. The van der Waals surface area contributed by atoms with Crippen LogP contribution in [0.2, 0.25) is 5.02 Å². The van der Waals surface area contributed by atoms with E-state index >= 15 is 0 Å². The molecule has 3 aromatic rings. The Balaban J connectivity index is 1.57. The van der Waals surface area contributed by atoms with Crippen LogP contribution in [0.1, 0.15) is 28.3 Å². The number of thiophene rings is 1. The molecule has 0 saturated heterocycles. The standard InChI is InChI=1S/C21H16ClNO5S2/c22-13-7-5-12(6-8-13)17-9-10-18(29-17)30(28)23-21(20(26)27)11-16(21)14-3-1-2-4-15(14)19(24)25/h1-10,16,23H,11H2,(H,24,25)(H,26,27). The number of halogens is 1. The van der Waals surface area contributed by atoms with E-state index in [1.807, 2.05) is 18.2 Å². The van der Waals surface area contributed by atoms with Crippen molar-refractivity contribution < 1.29 is 24.0 Å². The lowest BCUT2D eigenvalue weighted by molar-refractivity contribution is -0.140. The molecule has 1 aliphatic carbocycles. The Morgan fingerprint density at radius 2 is 1.77 bits per heavy atom. The third-order valence-corrected chi connectivity index (χ3v) is 8.01. The molecular formula is C21H16ClNO5S2. The Kier molecular flexibility index (Phi) is 5.50. The molecule has 1 heterocycles. The van der Waals surface area contributed by atoms with Crippen LogP contribution in [0.4, 0.5) is 0 Å². The van der Waals surface area contributed by atoms with Gasteiger partial charge in [-0.05, 0) is 47.9 Å².